The lowest BCUT2D eigenvalue weighted by molar-refractivity contribution is -0.150. The Morgan fingerprint density at radius 2 is 1.88 bits per heavy atom. The third kappa shape index (κ3) is 4.12. The summed E-state index contributed by atoms with van der Waals surface area (Å²) in [5, 5.41) is 3.33. The van der Waals surface area contributed by atoms with E-state index < -0.39 is 0 Å². The second-order valence-electron chi connectivity index (χ2n) is 5.35. The van der Waals surface area contributed by atoms with E-state index in [9.17, 15) is 4.79 Å². The highest BCUT2D eigenvalue weighted by molar-refractivity contribution is 5.69. The highest BCUT2D eigenvalue weighted by atomic mass is 16.5. The Labute approximate surface area is 97.9 Å². The van der Waals surface area contributed by atoms with Gasteiger partial charge in [0.05, 0.1) is 6.42 Å². The van der Waals surface area contributed by atoms with Crippen LogP contribution in [0.1, 0.15) is 51.9 Å². The summed E-state index contributed by atoms with van der Waals surface area (Å²) in [7, 11) is 0. The van der Waals surface area contributed by atoms with Crippen LogP contribution in [0.5, 0.6) is 0 Å². The summed E-state index contributed by atoms with van der Waals surface area (Å²) in [6.07, 6.45) is 7.81. The normalized spacial score (nSPS) is 30.1. The molecule has 0 spiro atoms. The second-order valence-corrected chi connectivity index (χ2v) is 5.35. The molecule has 1 N–H and O–H groups in total. The first-order valence-corrected chi connectivity index (χ1v) is 6.67. The van der Waals surface area contributed by atoms with Gasteiger partial charge in [0.25, 0.3) is 0 Å². The lowest BCUT2D eigenvalue weighted by atomic mass is 9.89. The van der Waals surface area contributed by atoms with Gasteiger partial charge in [-0.3, -0.25) is 4.79 Å². The zero-order chi connectivity index (χ0) is 11.4. The van der Waals surface area contributed by atoms with Crippen LogP contribution in [0.25, 0.3) is 0 Å². The summed E-state index contributed by atoms with van der Waals surface area (Å²) >= 11 is 0. The van der Waals surface area contributed by atoms with Gasteiger partial charge in [0.1, 0.15) is 6.10 Å². The van der Waals surface area contributed by atoms with Gasteiger partial charge in [-0.25, -0.2) is 0 Å². The Morgan fingerprint density at radius 1 is 1.19 bits per heavy atom. The number of rotatable bonds is 5. The molecule has 2 saturated carbocycles. The fraction of sp³-hybridized carbons (Fsp3) is 0.923. The third-order valence-corrected chi connectivity index (χ3v) is 3.60. The number of nitrogens with one attached hydrogen (secondary N) is 1. The van der Waals surface area contributed by atoms with Gasteiger partial charge in [0.2, 0.25) is 0 Å². The fourth-order valence-corrected chi connectivity index (χ4v) is 2.26. The van der Waals surface area contributed by atoms with Crippen molar-refractivity contribution in [3.8, 4) is 0 Å². The summed E-state index contributed by atoms with van der Waals surface area (Å²) < 4.78 is 5.46. The van der Waals surface area contributed by atoms with Crippen molar-refractivity contribution in [1.82, 2.24) is 5.32 Å². The van der Waals surface area contributed by atoms with Gasteiger partial charge >= 0.3 is 5.97 Å². The minimum absolute atomic E-state index is 0.0206. The second kappa shape index (κ2) is 5.67. The average Bonchev–Trinajstić information content (AvgIpc) is 3.05. The van der Waals surface area contributed by atoms with E-state index in [0.29, 0.717) is 12.5 Å². The molecule has 0 radical (unpaired) electrons. The zero-order valence-corrected chi connectivity index (χ0v) is 10.2. The molecule has 92 valence electrons. The highest BCUT2D eigenvalue weighted by Crippen LogP contribution is 2.25. The van der Waals surface area contributed by atoms with E-state index in [0.717, 1.165) is 25.3 Å². The Bertz CT molecular complexity index is 230. The fourth-order valence-electron chi connectivity index (χ4n) is 2.26. The van der Waals surface area contributed by atoms with Gasteiger partial charge in [-0.15, -0.1) is 0 Å². The quantitative estimate of drug-likeness (QED) is 0.729. The number of esters is 1. The maximum Gasteiger partial charge on any atom is 0.307 e. The molecule has 0 amide bonds. The summed E-state index contributed by atoms with van der Waals surface area (Å²) in [5.41, 5.74) is 0. The first kappa shape index (κ1) is 11.9. The SMILES string of the molecule is CC1CCC(OC(=O)CCNC2CC2)CC1. The van der Waals surface area contributed by atoms with E-state index in [4.69, 9.17) is 4.74 Å². The van der Waals surface area contributed by atoms with Gasteiger partial charge in [-0.05, 0) is 44.4 Å². The molecule has 0 unspecified atom stereocenters. The van der Waals surface area contributed by atoms with Crippen LogP contribution in [-0.4, -0.2) is 24.7 Å². The van der Waals surface area contributed by atoms with Crippen molar-refractivity contribution >= 4 is 5.97 Å². The van der Waals surface area contributed by atoms with Crippen LogP contribution in [0.15, 0.2) is 0 Å². The third-order valence-electron chi connectivity index (χ3n) is 3.60. The molecule has 2 aliphatic carbocycles. The molecular formula is C13H23NO2. The van der Waals surface area contributed by atoms with Gasteiger partial charge < -0.3 is 10.1 Å². The Morgan fingerprint density at radius 3 is 2.50 bits per heavy atom. The predicted octanol–water partition coefficient (Wildman–Crippen LogP) is 2.25. The Kier molecular flexibility index (Phi) is 4.22. The molecule has 0 atom stereocenters. The number of ether oxygens (including phenoxy) is 1. The first-order chi connectivity index (χ1) is 7.74. The summed E-state index contributed by atoms with van der Waals surface area (Å²) in [5.74, 6) is 0.791. The molecule has 2 aliphatic rings. The van der Waals surface area contributed by atoms with Gasteiger partial charge in [0, 0.05) is 12.6 Å². The van der Waals surface area contributed by atoms with E-state index in [1.165, 1.54) is 25.7 Å². The molecule has 3 nitrogen and oxygen atoms in total. The zero-order valence-electron chi connectivity index (χ0n) is 10.2. The van der Waals surface area contributed by atoms with Crippen LogP contribution in [0.2, 0.25) is 0 Å². The monoisotopic (exact) mass is 225 g/mol. The number of hydrogen-bond donors (Lipinski definition) is 1. The molecule has 0 aliphatic heterocycles. The van der Waals surface area contributed by atoms with E-state index >= 15 is 0 Å². The minimum atomic E-state index is -0.0206. The molecule has 0 aromatic heterocycles. The van der Waals surface area contributed by atoms with E-state index in [1.807, 2.05) is 0 Å². The molecule has 2 fully saturated rings. The van der Waals surface area contributed by atoms with Crippen molar-refractivity contribution in [3.05, 3.63) is 0 Å². The van der Waals surface area contributed by atoms with Crippen molar-refractivity contribution in [1.29, 1.82) is 0 Å². The molecule has 0 heterocycles. The van der Waals surface area contributed by atoms with E-state index in [-0.39, 0.29) is 12.1 Å². The summed E-state index contributed by atoms with van der Waals surface area (Å²) in [4.78, 5) is 11.5. The van der Waals surface area contributed by atoms with Crippen molar-refractivity contribution in [2.75, 3.05) is 6.54 Å². The minimum Gasteiger partial charge on any atom is -0.462 e. The standard InChI is InChI=1S/C13H23NO2/c1-10-2-6-12(7-3-10)16-13(15)8-9-14-11-4-5-11/h10-12,14H,2-9H2,1H3. The van der Waals surface area contributed by atoms with Crippen molar-refractivity contribution in [3.63, 3.8) is 0 Å². The Hall–Kier alpha value is -0.570. The number of carbonyl (C=O) groups excluding carboxylic acids is 1. The molecule has 16 heavy (non-hydrogen) atoms. The lowest BCUT2D eigenvalue weighted by Crippen LogP contribution is -2.26. The van der Waals surface area contributed by atoms with E-state index in [2.05, 4.69) is 12.2 Å². The maximum absolute atomic E-state index is 11.5. The number of hydrogen-bond acceptors (Lipinski definition) is 3. The molecule has 0 aromatic rings. The largest absolute Gasteiger partial charge is 0.462 e. The van der Waals surface area contributed by atoms with E-state index in [1.54, 1.807) is 0 Å². The van der Waals surface area contributed by atoms with Crippen LogP contribution in [0, 0.1) is 5.92 Å². The van der Waals surface area contributed by atoms with Gasteiger partial charge in [-0.2, -0.15) is 0 Å². The topological polar surface area (TPSA) is 38.3 Å². The summed E-state index contributed by atoms with van der Waals surface area (Å²) in [6.45, 7) is 3.06. The van der Waals surface area contributed by atoms with Crippen molar-refractivity contribution in [2.24, 2.45) is 5.92 Å². The Balaban J connectivity index is 1.55. The highest BCUT2D eigenvalue weighted by Gasteiger charge is 2.22. The van der Waals surface area contributed by atoms with Crippen LogP contribution < -0.4 is 5.32 Å². The van der Waals surface area contributed by atoms with Crippen molar-refractivity contribution < 1.29 is 9.53 Å². The van der Waals surface area contributed by atoms with Crippen LogP contribution in [0.3, 0.4) is 0 Å². The molecule has 0 bridgehead atoms. The maximum atomic E-state index is 11.5. The molecule has 3 heteroatoms. The molecular weight excluding hydrogens is 202 g/mol. The number of carbonyl (C=O) groups is 1. The van der Waals surface area contributed by atoms with Gasteiger partial charge in [-0.1, -0.05) is 6.92 Å². The van der Waals surface area contributed by atoms with Crippen LogP contribution in [0.4, 0.5) is 0 Å². The smallest absolute Gasteiger partial charge is 0.307 e. The van der Waals surface area contributed by atoms with Gasteiger partial charge in [0.15, 0.2) is 0 Å². The average molecular weight is 225 g/mol. The molecule has 0 aromatic carbocycles. The predicted molar refractivity (Wildman–Crippen MR) is 63.2 cm³/mol. The van der Waals surface area contributed by atoms with Crippen molar-refractivity contribution in [2.45, 2.75) is 64.0 Å². The first-order valence-electron chi connectivity index (χ1n) is 6.67. The molecule has 2 rings (SSSR count). The van der Waals surface area contributed by atoms with Crippen LogP contribution >= 0.6 is 0 Å². The lowest BCUT2D eigenvalue weighted by Gasteiger charge is -2.26. The van der Waals surface area contributed by atoms with Crippen LogP contribution in [-0.2, 0) is 9.53 Å². The summed E-state index contributed by atoms with van der Waals surface area (Å²) in [6, 6.07) is 0.684. The molecule has 0 saturated heterocycles.